The first-order chi connectivity index (χ1) is 18.7. The van der Waals surface area contributed by atoms with Gasteiger partial charge < -0.3 is 9.69 Å². The van der Waals surface area contributed by atoms with Crippen molar-refractivity contribution in [3.8, 4) is 6.07 Å². The SMILES string of the molecule is CC(C)C1CCN(C)C1.CCc1ccccc1C.CN1N=C(C(C)(C)C)CC1C=O.Cc1ccc(C#N)c(Cl)c1. The van der Waals surface area contributed by atoms with Crippen molar-refractivity contribution in [2.24, 2.45) is 22.4 Å². The third-order valence-corrected chi connectivity index (χ3v) is 7.75. The maximum absolute atomic E-state index is 10.6. The molecule has 0 N–H and O–H groups in total. The van der Waals surface area contributed by atoms with Gasteiger partial charge in [-0.15, -0.1) is 0 Å². The second-order valence-corrected chi connectivity index (χ2v) is 12.6. The molecule has 2 aromatic carbocycles. The summed E-state index contributed by atoms with van der Waals surface area (Å²) in [4.78, 5) is 13.0. The predicted molar refractivity (Wildman–Crippen MR) is 171 cm³/mol. The lowest BCUT2D eigenvalue weighted by Gasteiger charge is -2.16. The number of halogens is 1. The van der Waals surface area contributed by atoms with Crippen molar-refractivity contribution in [1.82, 2.24) is 9.91 Å². The number of aldehydes is 1. The Kier molecular flexibility index (Phi) is 15.2. The van der Waals surface area contributed by atoms with E-state index in [0.717, 1.165) is 42.2 Å². The number of rotatable bonds is 3. The molecular formula is C34H51ClN4O. The first-order valence-electron chi connectivity index (χ1n) is 14.4. The number of hydrogen-bond donors (Lipinski definition) is 0. The minimum absolute atomic E-state index is 0.0424. The van der Waals surface area contributed by atoms with Gasteiger partial charge in [0.15, 0.2) is 0 Å². The van der Waals surface area contributed by atoms with E-state index in [1.807, 2.05) is 26.1 Å². The zero-order valence-electron chi connectivity index (χ0n) is 26.5. The fourth-order valence-electron chi connectivity index (χ4n) is 4.46. The van der Waals surface area contributed by atoms with Gasteiger partial charge in [0.1, 0.15) is 18.4 Å². The number of carbonyl (C=O) groups excluding carboxylic acids is 1. The van der Waals surface area contributed by atoms with Gasteiger partial charge in [0.25, 0.3) is 0 Å². The molecule has 2 atom stereocenters. The van der Waals surface area contributed by atoms with E-state index in [2.05, 4.69) is 89.8 Å². The molecule has 0 saturated carbocycles. The number of carbonyl (C=O) groups is 1. The van der Waals surface area contributed by atoms with Crippen LogP contribution in [0.5, 0.6) is 0 Å². The molecule has 0 spiro atoms. The van der Waals surface area contributed by atoms with E-state index in [9.17, 15) is 4.79 Å². The van der Waals surface area contributed by atoms with Gasteiger partial charge in [0.05, 0.1) is 10.6 Å². The summed E-state index contributed by atoms with van der Waals surface area (Å²) in [7, 11) is 4.06. The third-order valence-electron chi connectivity index (χ3n) is 7.44. The molecule has 40 heavy (non-hydrogen) atoms. The lowest BCUT2D eigenvalue weighted by atomic mass is 9.87. The van der Waals surface area contributed by atoms with Crippen molar-refractivity contribution >= 4 is 23.6 Å². The highest BCUT2D eigenvalue weighted by molar-refractivity contribution is 6.31. The molecule has 0 aliphatic carbocycles. The minimum atomic E-state index is -0.0424. The Balaban J connectivity index is 0.000000269. The van der Waals surface area contributed by atoms with Crippen LogP contribution >= 0.6 is 11.6 Å². The molecule has 2 aliphatic rings. The average Bonchev–Trinajstić information content (AvgIpc) is 3.51. The van der Waals surface area contributed by atoms with Crippen LogP contribution in [0.3, 0.4) is 0 Å². The maximum atomic E-state index is 10.6. The predicted octanol–water partition coefficient (Wildman–Crippen LogP) is 7.96. The number of hydrazone groups is 1. The molecule has 0 aromatic heterocycles. The summed E-state index contributed by atoms with van der Waals surface area (Å²) in [5, 5.41) is 15.1. The van der Waals surface area contributed by atoms with Crippen molar-refractivity contribution < 1.29 is 4.79 Å². The summed E-state index contributed by atoms with van der Waals surface area (Å²) in [5.74, 6) is 1.85. The fraction of sp³-hybridized carbons (Fsp3) is 0.559. The van der Waals surface area contributed by atoms with Crippen LogP contribution in [0.4, 0.5) is 0 Å². The maximum Gasteiger partial charge on any atom is 0.144 e. The fourth-order valence-corrected chi connectivity index (χ4v) is 4.74. The normalized spacial score (nSPS) is 18.4. The summed E-state index contributed by atoms with van der Waals surface area (Å²) in [6.07, 6.45) is 4.30. The van der Waals surface area contributed by atoms with Crippen molar-refractivity contribution in [2.75, 3.05) is 27.2 Å². The monoisotopic (exact) mass is 566 g/mol. The highest BCUT2D eigenvalue weighted by Gasteiger charge is 2.30. The van der Waals surface area contributed by atoms with Gasteiger partial charge >= 0.3 is 0 Å². The van der Waals surface area contributed by atoms with Crippen molar-refractivity contribution in [3.63, 3.8) is 0 Å². The van der Waals surface area contributed by atoms with E-state index < -0.39 is 0 Å². The van der Waals surface area contributed by atoms with Crippen LogP contribution in [0, 0.1) is 42.4 Å². The summed E-state index contributed by atoms with van der Waals surface area (Å²) in [6, 6.07) is 15.8. The van der Waals surface area contributed by atoms with Crippen LogP contribution in [0.2, 0.25) is 5.02 Å². The summed E-state index contributed by atoms with van der Waals surface area (Å²) in [5.41, 5.74) is 5.67. The second-order valence-electron chi connectivity index (χ2n) is 12.2. The topological polar surface area (TPSA) is 59.7 Å². The lowest BCUT2D eigenvalue weighted by molar-refractivity contribution is -0.111. The van der Waals surface area contributed by atoms with Crippen LogP contribution in [0.1, 0.15) is 76.6 Å². The molecule has 1 saturated heterocycles. The molecule has 220 valence electrons. The number of nitrogens with zero attached hydrogens (tertiary/aromatic N) is 4. The van der Waals surface area contributed by atoms with Crippen LogP contribution in [0.15, 0.2) is 47.6 Å². The first-order valence-corrected chi connectivity index (χ1v) is 14.8. The minimum Gasteiger partial charge on any atom is -0.306 e. The van der Waals surface area contributed by atoms with Crippen LogP contribution < -0.4 is 0 Å². The smallest absolute Gasteiger partial charge is 0.144 e. The standard InChI is InChI=1S/C9H16N2O.C9H12.C8H6ClN.C8H17N/c1-9(2,3)8-5-7(6-12)11(4)10-8;1-3-9-7-5-4-6-8(9)2;1-6-2-3-7(5-10)8(9)4-6;1-7(2)8-4-5-9(3)6-8/h6-7H,5H2,1-4H3;4-7H,3H2,1-2H3;2-4H,1H3;7-8H,4-6H2,1-3H3. The first kappa shape index (κ1) is 35.3. The van der Waals surface area contributed by atoms with Gasteiger partial charge in [-0.3, -0.25) is 5.01 Å². The molecule has 2 unspecified atom stereocenters. The number of likely N-dealkylation sites (N-methyl/N-ethyl adjacent to an activating group) is 1. The van der Waals surface area contributed by atoms with E-state index in [0.29, 0.717) is 10.6 Å². The van der Waals surface area contributed by atoms with E-state index in [4.69, 9.17) is 16.9 Å². The van der Waals surface area contributed by atoms with E-state index in [1.54, 1.807) is 17.1 Å². The summed E-state index contributed by atoms with van der Waals surface area (Å²) >= 11 is 5.71. The zero-order valence-corrected chi connectivity index (χ0v) is 27.2. The zero-order chi connectivity index (χ0) is 30.5. The Labute approximate surface area is 249 Å². The Hall–Kier alpha value is -2.68. The van der Waals surface area contributed by atoms with Crippen molar-refractivity contribution in [3.05, 3.63) is 69.7 Å². The molecule has 0 bridgehead atoms. The van der Waals surface area contributed by atoms with Gasteiger partial charge in [0.2, 0.25) is 0 Å². The molecule has 4 rings (SSSR count). The molecule has 2 heterocycles. The van der Waals surface area contributed by atoms with Gasteiger partial charge in [-0.25, -0.2) is 0 Å². The number of likely N-dealkylation sites (tertiary alicyclic amines) is 1. The molecule has 2 aromatic rings. The molecular weight excluding hydrogens is 516 g/mol. The highest BCUT2D eigenvalue weighted by Crippen LogP contribution is 2.25. The molecule has 5 nitrogen and oxygen atoms in total. The largest absolute Gasteiger partial charge is 0.306 e. The van der Waals surface area contributed by atoms with E-state index in [1.165, 1.54) is 30.6 Å². The van der Waals surface area contributed by atoms with Crippen molar-refractivity contribution in [1.29, 1.82) is 5.26 Å². The van der Waals surface area contributed by atoms with Crippen LogP contribution in [-0.2, 0) is 11.2 Å². The summed E-state index contributed by atoms with van der Waals surface area (Å²) < 4.78 is 0. The summed E-state index contributed by atoms with van der Waals surface area (Å²) in [6.45, 7) is 19.9. The number of benzene rings is 2. The Morgan fingerprint density at radius 2 is 1.80 bits per heavy atom. The average molecular weight is 567 g/mol. The van der Waals surface area contributed by atoms with E-state index >= 15 is 0 Å². The van der Waals surface area contributed by atoms with Gasteiger partial charge in [-0.2, -0.15) is 10.4 Å². The Bertz CT molecular complexity index is 1130. The van der Waals surface area contributed by atoms with Gasteiger partial charge in [0, 0.05) is 31.1 Å². The lowest BCUT2D eigenvalue weighted by Crippen LogP contribution is -2.25. The molecule has 0 radical (unpaired) electrons. The molecule has 6 heteroatoms. The second kappa shape index (κ2) is 17.2. The number of hydrogen-bond acceptors (Lipinski definition) is 5. The highest BCUT2D eigenvalue weighted by atomic mass is 35.5. The Morgan fingerprint density at radius 3 is 2.15 bits per heavy atom. The number of nitriles is 1. The molecule has 2 aliphatic heterocycles. The van der Waals surface area contributed by atoms with Crippen LogP contribution in [0.25, 0.3) is 0 Å². The van der Waals surface area contributed by atoms with Gasteiger partial charge in [-0.05, 0) is 80.9 Å². The third kappa shape index (κ3) is 12.2. The van der Waals surface area contributed by atoms with Gasteiger partial charge in [-0.1, -0.05) is 83.5 Å². The van der Waals surface area contributed by atoms with Crippen molar-refractivity contribution in [2.45, 2.75) is 80.7 Å². The quantitative estimate of drug-likeness (QED) is 0.353. The number of aryl methyl sites for hydroxylation is 3. The Morgan fingerprint density at radius 1 is 1.15 bits per heavy atom. The molecule has 1 fully saturated rings. The van der Waals surface area contributed by atoms with E-state index in [-0.39, 0.29) is 11.5 Å². The van der Waals surface area contributed by atoms with Crippen LogP contribution in [-0.4, -0.2) is 55.1 Å². The molecule has 0 amide bonds.